The van der Waals surface area contributed by atoms with Crippen molar-refractivity contribution in [3.8, 4) is 0 Å². The molecule has 4 atom stereocenters. The summed E-state index contributed by atoms with van der Waals surface area (Å²) in [5.41, 5.74) is 2.00. The van der Waals surface area contributed by atoms with Crippen molar-refractivity contribution in [1.82, 2.24) is 20.0 Å². The summed E-state index contributed by atoms with van der Waals surface area (Å²) in [5, 5.41) is 15.2. The SMILES string of the molecule is Cc1cc(CN(C)C[C@@H]2[C@@H](c3ccccc3)[C@]23CN(c2ncccn2)C[C@H]3O)on1. The fourth-order valence-corrected chi connectivity index (χ4v) is 5.33. The summed E-state index contributed by atoms with van der Waals surface area (Å²) >= 11 is 0. The van der Waals surface area contributed by atoms with Gasteiger partial charge in [0.15, 0.2) is 5.76 Å². The fraction of sp³-hybridized carbons (Fsp3) is 0.435. The number of aromatic nitrogens is 3. The minimum Gasteiger partial charge on any atom is -0.391 e. The van der Waals surface area contributed by atoms with Gasteiger partial charge in [0.1, 0.15) is 0 Å². The fourth-order valence-electron chi connectivity index (χ4n) is 5.33. The van der Waals surface area contributed by atoms with Crippen LogP contribution >= 0.6 is 0 Å². The molecule has 1 aromatic carbocycles. The summed E-state index contributed by atoms with van der Waals surface area (Å²) in [4.78, 5) is 13.2. The first-order valence-corrected chi connectivity index (χ1v) is 10.4. The Morgan fingerprint density at radius 1 is 1.20 bits per heavy atom. The summed E-state index contributed by atoms with van der Waals surface area (Å²) in [6, 6.07) is 14.4. The monoisotopic (exact) mass is 405 g/mol. The first-order valence-electron chi connectivity index (χ1n) is 10.4. The van der Waals surface area contributed by atoms with Gasteiger partial charge in [-0.1, -0.05) is 35.5 Å². The molecule has 5 rings (SSSR count). The lowest BCUT2D eigenvalue weighted by molar-refractivity contribution is 0.117. The van der Waals surface area contributed by atoms with Gasteiger partial charge in [-0.05, 0) is 37.4 Å². The van der Waals surface area contributed by atoms with Gasteiger partial charge in [-0.3, -0.25) is 4.90 Å². The van der Waals surface area contributed by atoms with Crippen LogP contribution in [0.25, 0.3) is 0 Å². The lowest BCUT2D eigenvalue weighted by atomic mass is 9.95. The van der Waals surface area contributed by atoms with Crippen molar-refractivity contribution in [2.24, 2.45) is 11.3 Å². The van der Waals surface area contributed by atoms with Crippen LogP contribution in [0.2, 0.25) is 0 Å². The van der Waals surface area contributed by atoms with Gasteiger partial charge >= 0.3 is 0 Å². The molecule has 0 radical (unpaired) electrons. The van der Waals surface area contributed by atoms with Crippen LogP contribution in [-0.4, -0.2) is 57.9 Å². The number of rotatable bonds is 6. The molecule has 156 valence electrons. The van der Waals surface area contributed by atoms with Crippen molar-refractivity contribution in [2.75, 3.05) is 31.6 Å². The Bertz CT molecular complexity index is 995. The number of hydrogen-bond donors (Lipinski definition) is 1. The minimum absolute atomic E-state index is 0.188. The molecule has 0 bridgehead atoms. The standard InChI is InChI=1S/C23H27N5O2/c1-16-11-18(30-26-16)12-27(2)13-19-21(17-7-4-3-5-8-17)23(19)15-28(14-20(23)29)22-24-9-6-10-25-22/h3-11,19-21,29H,12-15H2,1-2H3/t19-,20-,21-,23-/m1/s1. The first kappa shape index (κ1) is 19.2. The molecule has 2 aromatic heterocycles. The molecule has 2 fully saturated rings. The van der Waals surface area contributed by atoms with E-state index in [-0.39, 0.29) is 5.41 Å². The predicted octanol–water partition coefficient (Wildman–Crippen LogP) is 2.49. The molecule has 1 aliphatic carbocycles. The number of aliphatic hydroxyl groups excluding tert-OH is 1. The van der Waals surface area contributed by atoms with Crippen molar-refractivity contribution in [3.05, 3.63) is 71.9 Å². The van der Waals surface area contributed by atoms with Crippen LogP contribution < -0.4 is 4.90 Å². The molecule has 1 aliphatic heterocycles. The average molecular weight is 406 g/mol. The Kier molecular flexibility index (Phi) is 4.79. The van der Waals surface area contributed by atoms with Crippen LogP contribution in [0.3, 0.4) is 0 Å². The number of anilines is 1. The second-order valence-electron chi connectivity index (χ2n) is 8.68. The normalized spacial score (nSPS) is 27.9. The summed E-state index contributed by atoms with van der Waals surface area (Å²) in [6.07, 6.45) is 3.09. The van der Waals surface area contributed by atoms with Gasteiger partial charge in [0.2, 0.25) is 5.95 Å². The largest absolute Gasteiger partial charge is 0.391 e. The molecule has 1 spiro atoms. The molecule has 3 heterocycles. The molecule has 7 nitrogen and oxygen atoms in total. The van der Waals surface area contributed by atoms with E-state index in [0.717, 1.165) is 24.5 Å². The number of aryl methyl sites for hydroxylation is 1. The molecule has 1 saturated carbocycles. The van der Waals surface area contributed by atoms with Gasteiger partial charge in [-0.2, -0.15) is 0 Å². The second kappa shape index (κ2) is 7.49. The number of β-amino-alcohol motifs (C(OH)–C–C–N with tert-alkyl or cyclic N) is 1. The number of aliphatic hydroxyl groups is 1. The topological polar surface area (TPSA) is 78.5 Å². The molecule has 30 heavy (non-hydrogen) atoms. The van der Waals surface area contributed by atoms with Crippen LogP contribution in [-0.2, 0) is 6.54 Å². The minimum atomic E-state index is -0.419. The zero-order valence-corrected chi connectivity index (χ0v) is 17.3. The molecule has 0 amide bonds. The third-order valence-electron chi connectivity index (χ3n) is 6.65. The number of benzene rings is 1. The third-order valence-corrected chi connectivity index (χ3v) is 6.65. The zero-order valence-electron chi connectivity index (χ0n) is 17.3. The molecule has 3 aromatic rings. The maximum Gasteiger partial charge on any atom is 0.225 e. The van der Waals surface area contributed by atoms with Gasteiger partial charge in [-0.15, -0.1) is 0 Å². The third kappa shape index (κ3) is 3.28. The van der Waals surface area contributed by atoms with Crippen molar-refractivity contribution in [1.29, 1.82) is 0 Å². The summed E-state index contributed by atoms with van der Waals surface area (Å²) in [6.45, 7) is 4.84. The first-order chi connectivity index (χ1) is 14.6. The highest BCUT2D eigenvalue weighted by molar-refractivity contribution is 5.44. The average Bonchev–Trinajstić information content (AvgIpc) is 2.99. The van der Waals surface area contributed by atoms with Crippen molar-refractivity contribution < 1.29 is 9.63 Å². The van der Waals surface area contributed by atoms with Crippen LogP contribution in [0.4, 0.5) is 5.95 Å². The highest BCUT2D eigenvalue weighted by Crippen LogP contribution is 2.69. The summed E-state index contributed by atoms with van der Waals surface area (Å²) < 4.78 is 5.40. The molecule has 7 heteroatoms. The molecule has 0 unspecified atom stereocenters. The highest BCUT2D eigenvalue weighted by atomic mass is 16.5. The van der Waals surface area contributed by atoms with Gasteiger partial charge in [0.25, 0.3) is 0 Å². The van der Waals surface area contributed by atoms with Crippen LogP contribution in [0.1, 0.15) is 22.9 Å². The van der Waals surface area contributed by atoms with E-state index in [2.05, 4.69) is 56.2 Å². The van der Waals surface area contributed by atoms with Crippen LogP contribution in [0.15, 0.2) is 59.4 Å². The lowest BCUT2D eigenvalue weighted by Crippen LogP contribution is -2.27. The van der Waals surface area contributed by atoms with Gasteiger partial charge in [0, 0.05) is 43.5 Å². The Morgan fingerprint density at radius 2 is 1.97 bits per heavy atom. The van der Waals surface area contributed by atoms with Crippen LogP contribution in [0.5, 0.6) is 0 Å². The van der Waals surface area contributed by atoms with E-state index in [1.807, 2.05) is 25.1 Å². The van der Waals surface area contributed by atoms with E-state index in [1.54, 1.807) is 12.4 Å². The number of hydrogen-bond acceptors (Lipinski definition) is 7. The molecule has 1 N–H and O–H groups in total. The Hall–Kier alpha value is -2.77. The Balaban J connectivity index is 1.39. The predicted molar refractivity (Wildman–Crippen MR) is 113 cm³/mol. The van der Waals surface area contributed by atoms with Gasteiger partial charge in [-0.25, -0.2) is 9.97 Å². The summed E-state index contributed by atoms with van der Waals surface area (Å²) in [7, 11) is 2.10. The number of nitrogens with zero attached hydrogens (tertiary/aromatic N) is 5. The quantitative estimate of drug-likeness (QED) is 0.675. The van der Waals surface area contributed by atoms with E-state index in [1.165, 1.54) is 5.56 Å². The van der Waals surface area contributed by atoms with E-state index >= 15 is 0 Å². The second-order valence-corrected chi connectivity index (χ2v) is 8.68. The molecule has 2 aliphatic rings. The zero-order chi connectivity index (χ0) is 20.7. The van der Waals surface area contributed by atoms with E-state index in [0.29, 0.717) is 30.9 Å². The maximum absolute atomic E-state index is 11.2. The van der Waals surface area contributed by atoms with Crippen molar-refractivity contribution >= 4 is 5.95 Å². The van der Waals surface area contributed by atoms with E-state index in [4.69, 9.17) is 4.52 Å². The Labute approximate surface area is 176 Å². The van der Waals surface area contributed by atoms with Crippen molar-refractivity contribution in [2.45, 2.75) is 25.5 Å². The lowest BCUT2D eigenvalue weighted by Gasteiger charge is -2.19. The maximum atomic E-state index is 11.2. The molecular weight excluding hydrogens is 378 g/mol. The highest BCUT2D eigenvalue weighted by Gasteiger charge is 2.71. The van der Waals surface area contributed by atoms with Crippen molar-refractivity contribution in [3.63, 3.8) is 0 Å². The smallest absolute Gasteiger partial charge is 0.225 e. The van der Waals surface area contributed by atoms with Gasteiger partial charge in [0.05, 0.1) is 18.3 Å². The van der Waals surface area contributed by atoms with Gasteiger partial charge < -0.3 is 14.5 Å². The van der Waals surface area contributed by atoms with Crippen LogP contribution in [0, 0.1) is 18.3 Å². The Morgan fingerprint density at radius 3 is 2.67 bits per heavy atom. The molecule has 1 saturated heterocycles. The summed E-state index contributed by atoms with van der Waals surface area (Å²) in [5.74, 6) is 2.21. The van der Waals surface area contributed by atoms with E-state index < -0.39 is 6.10 Å². The molecular formula is C23H27N5O2. The van der Waals surface area contributed by atoms with E-state index in [9.17, 15) is 5.11 Å².